The van der Waals surface area contributed by atoms with E-state index in [0.717, 1.165) is 0 Å². The molecule has 184 valence electrons. The van der Waals surface area contributed by atoms with Crippen LogP contribution in [0.25, 0.3) is 11.0 Å². The van der Waals surface area contributed by atoms with Gasteiger partial charge in [0.15, 0.2) is 18.2 Å². The van der Waals surface area contributed by atoms with Gasteiger partial charge in [0.25, 0.3) is 11.5 Å². The molecule has 0 spiro atoms. The van der Waals surface area contributed by atoms with Gasteiger partial charge in [0, 0.05) is 44.4 Å². The number of carbonyl (C=O) groups is 1. The van der Waals surface area contributed by atoms with Crippen molar-refractivity contribution >= 4 is 22.8 Å². The van der Waals surface area contributed by atoms with Crippen LogP contribution in [0.3, 0.4) is 0 Å². The van der Waals surface area contributed by atoms with Crippen LogP contribution in [0.15, 0.2) is 41.3 Å². The maximum absolute atomic E-state index is 15.0. The average molecular weight is 483 g/mol. The highest BCUT2D eigenvalue weighted by molar-refractivity contribution is 5.94. The maximum atomic E-state index is 15.0. The normalized spacial score (nSPS) is 20.2. The third-order valence-electron chi connectivity index (χ3n) is 6.39. The number of nitrogens with zero attached hydrogens (tertiary/aromatic N) is 4. The van der Waals surface area contributed by atoms with Crippen molar-refractivity contribution in [1.82, 2.24) is 24.8 Å². The first kappa shape index (κ1) is 23.2. The van der Waals surface area contributed by atoms with Gasteiger partial charge in [-0.2, -0.15) is 0 Å². The third kappa shape index (κ3) is 5.10. The molecular formula is C24H27FN6O4. The summed E-state index contributed by atoms with van der Waals surface area (Å²) >= 11 is 0. The first-order chi connectivity index (χ1) is 17.0. The SMILES string of the molecule is COc1cnc2ccc(=O)n(CCN3CC[C@H](NCc4ccc5c(n4)NC(=O)CO5)[C@H](F)C3)c2c1. The van der Waals surface area contributed by atoms with Crippen molar-refractivity contribution in [2.45, 2.75) is 31.7 Å². The van der Waals surface area contributed by atoms with E-state index in [1.165, 1.54) is 6.07 Å². The molecule has 2 aliphatic heterocycles. The fourth-order valence-corrected chi connectivity index (χ4v) is 4.47. The number of fused-ring (bicyclic) bond motifs is 2. The van der Waals surface area contributed by atoms with Crippen LogP contribution in [-0.4, -0.2) is 70.9 Å². The highest BCUT2D eigenvalue weighted by Gasteiger charge is 2.29. The summed E-state index contributed by atoms with van der Waals surface area (Å²) in [4.78, 5) is 34.8. The zero-order valence-corrected chi connectivity index (χ0v) is 19.4. The van der Waals surface area contributed by atoms with Gasteiger partial charge in [0.2, 0.25) is 0 Å². The van der Waals surface area contributed by atoms with E-state index in [4.69, 9.17) is 9.47 Å². The molecule has 0 aliphatic carbocycles. The van der Waals surface area contributed by atoms with Gasteiger partial charge in [-0.3, -0.25) is 19.5 Å². The van der Waals surface area contributed by atoms with Crippen LogP contribution < -0.4 is 25.7 Å². The highest BCUT2D eigenvalue weighted by atomic mass is 19.1. The van der Waals surface area contributed by atoms with E-state index in [2.05, 4.69) is 20.6 Å². The van der Waals surface area contributed by atoms with Crippen molar-refractivity contribution in [3.05, 3.63) is 52.6 Å². The number of rotatable bonds is 7. The van der Waals surface area contributed by atoms with E-state index < -0.39 is 6.17 Å². The maximum Gasteiger partial charge on any atom is 0.263 e. The van der Waals surface area contributed by atoms with Crippen molar-refractivity contribution in [2.24, 2.45) is 0 Å². The zero-order valence-electron chi connectivity index (χ0n) is 19.4. The van der Waals surface area contributed by atoms with Gasteiger partial charge in [0.1, 0.15) is 11.9 Å². The van der Waals surface area contributed by atoms with Crippen LogP contribution in [-0.2, 0) is 17.9 Å². The molecule has 11 heteroatoms. The minimum atomic E-state index is -1.06. The Morgan fingerprint density at radius 3 is 2.97 bits per heavy atom. The molecule has 0 saturated carbocycles. The monoisotopic (exact) mass is 482 g/mol. The first-order valence-corrected chi connectivity index (χ1v) is 11.6. The molecule has 35 heavy (non-hydrogen) atoms. The Balaban J connectivity index is 1.17. The second-order valence-corrected chi connectivity index (χ2v) is 8.68. The van der Waals surface area contributed by atoms with Gasteiger partial charge in [-0.15, -0.1) is 0 Å². The van der Waals surface area contributed by atoms with Crippen molar-refractivity contribution in [3.63, 3.8) is 0 Å². The lowest BCUT2D eigenvalue weighted by Crippen LogP contribution is -2.51. The van der Waals surface area contributed by atoms with Gasteiger partial charge in [-0.1, -0.05) is 0 Å². The number of nitrogens with one attached hydrogen (secondary N) is 2. The molecule has 3 aromatic rings. The number of methoxy groups -OCH3 is 1. The lowest BCUT2D eigenvalue weighted by molar-refractivity contribution is -0.118. The quantitative estimate of drug-likeness (QED) is 0.519. The number of aromatic nitrogens is 3. The summed E-state index contributed by atoms with van der Waals surface area (Å²) in [5.74, 6) is 1.26. The third-order valence-corrected chi connectivity index (χ3v) is 6.39. The molecule has 5 heterocycles. The van der Waals surface area contributed by atoms with Gasteiger partial charge in [-0.05, 0) is 31.2 Å². The fraction of sp³-hybridized carbons (Fsp3) is 0.417. The summed E-state index contributed by atoms with van der Waals surface area (Å²) in [5, 5.41) is 5.93. The number of ether oxygens (including phenoxy) is 2. The fourth-order valence-electron chi connectivity index (χ4n) is 4.47. The van der Waals surface area contributed by atoms with Crippen molar-refractivity contribution in [3.8, 4) is 11.5 Å². The largest absolute Gasteiger partial charge is 0.495 e. The number of halogens is 1. The molecule has 1 amide bonds. The number of hydrogen-bond donors (Lipinski definition) is 2. The van der Waals surface area contributed by atoms with Crippen LogP contribution in [0.1, 0.15) is 12.1 Å². The number of pyridine rings is 3. The van der Waals surface area contributed by atoms with Crippen LogP contribution in [0.5, 0.6) is 11.5 Å². The van der Waals surface area contributed by atoms with Gasteiger partial charge in [0.05, 0.1) is 30.0 Å². The molecule has 0 radical (unpaired) electrons. The summed E-state index contributed by atoms with van der Waals surface area (Å²) in [5.41, 5.74) is 1.98. The Morgan fingerprint density at radius 1 is 1.26 bits per heavy atom. The van der Waals surface area contributed by atoms with E-state index in [9.17, 15) is 14.0 Å². The molecular weight excluding hydrogens is 455 g/mol. The molecule has 0 aromatic carbocycles. The second kappa shape index (κ2) is 9.96. The number of likely N-dealkylation sites (tertiary alicyclic amines) is 1. The number of alkyl halides is 1. The van der Waals surface area contributed by atoms with Gasteiger partial charge >= 0.3 is 0 Å². The lowest BCUT2D eigenvalue weighted by atomic mass is 10.0. The number of amides is 1. The van der Waals surface area contributed by atoms with E-state index in [0.29, 0.717) is 66.6 Å². The molecule has 2 aliphatic rings. The van der Waals surface area contributed by atoms with Crippen molar-refractivity contribution in [1.29, 1.82) is 0 Å². The molecule has 1 fully saturated rings. The second-order valence-electron chi connectivity index (χ2n) is 8.68. The summed E-state index contributed by atoms with van der Waals surface area (Å²) < 4.78 is 27.2. The Kier molecular flexibility index (Phi) is 6.60. The molecule has 0 bridgehead atoms. The Bertz CT molecular complexity index is 1300. The number of hydrogen-bond acceptors (Lipinski definition) is 8. The smallest absolute Gasteiger partial charge is 0.263 e. The van der Waals surface area contributed by atoms with Gasteiger partial charge < -0.3 is 24.7 Å². The number of anilines is 1. The Hall–Kier alpha value is -3.57. The predicted octanol–water partition coefficient (Wildman–Crippen LogP) is 1.33. The van der Waals surface area contributed by atoms with E-state index in [1.807, 2.05) is 4.90 Å². The molecule has 10 nitrogen and oxygen atoms in total. The average Bonchev–Trinajstić information content (AvgIpc) is 2.87. The van der Waals surface area contributed by atoms with Gasteiger partial charge in [-0.25, -0.2) is 9.37 Å². The first-order valence-electron chi connectivity index (χ1n) is 11.6. The molecule has 2 N–H and O–H groups in total. The predicted molar refractivity (Wildman–Crippen MR) is 127 cm³/mol. The van der Waals surface area contributed by atoms with Crippen molar-refractivity contribution in [2.75, 3.05) is 38.7 Å². The summed E-state index contributed by atoms with van der Waals surface area (Å²) in [6, 6.07) is 8.25. The minimum Gasteiger partial charge on any atom is -0.495 e. The summed E-state index contributed by atoms with van der Waals surface area (Å²) in [6.07, 6.45) is 1.19. The van der Waals surface area contributed by atoms with E-state index in [-0.39, 0.29) is 30.7 Å². The van der Waals surface area contributed by atoms with E-state index >= 15 is 0 Å². The van der Waals surface area contributed by atoms with Crippen LogP contribution in [0, 0.1) is 0 Å². The highest BCUT2D eigenvalue weighted by Crippen LogP contribution is 2.25. The molecule has 1 saturated heterocycles. The van der Waals surface area contributed by atoms with Crippen LogP contribution >= 0.6 is 0 Å². The number of piperidine rings is 1. The molecule has 0 unspecified atom stereocenters. The molecule has 3 aromatic heterocycles. The molecule has 5 rings (SSSR count). The Labute approximate surface area is 201 Å². The van der Waals surface area contributed by atoms with Crippen molar-refractivity contribution < 1.29 is 18.7 Å². The lowest BCUT2D eigenvalue weighted by Gasteiger charge is -2.35. The van der Waals surface area contributed by atoms with Crippen LogP contribution in [0.2, 0.25) is 0 Å². The summed E-state index contributed by atoms with van der Waals surface area (Å²) in [7, 11) is 1.56. The Morgan fingerprint density at radius 2 is 2.14 bits per heavy atom. The standard InChI is InChI=1S/C24H27FN6O4/c1-34-16-10-20-19(27-12-16)3-5-23(33)31(20)9-8-30-7-6-18(17(25)13-30)26-11-15-2-4-21-24(28-15)29-22(32)14-35-21/h2-5,10,12,17-18,26H,6-9,11,13-14H2,1H3,(H,28,29,32)/t17-,18+/m1/s1. The number of carbonyl (C=O) groups excluding carboxylic acids is 1. The minimum absolute atomic E-state index is 0.0193. The molecule has 2 atom stereocenters. The van der Waals surface area contributed by atoms with E-state index in [1.54, 1.807) is 42.1 Å². The topological polar surface area (TPSA) is 111 Å². The van der Waals surface area contributed by atoms with Crippen LogP contribution in [0.4, 0.5) is 10.2 Å². The summed E-state index contributed by atoms with van der Waals surface area (Å²) in [6.45, 7) is 2.34. The zero-order chi connectivity index (χ0) is 24.4.